The van der Waals surface area contributed by atoms with Gasteiger partial charge in [0.1, 0.15) is 5.82 Å². The molecule has 1 aliphatic heterocycles. The summed E-state index contributed by atoms with van der Waals surface area (Å²) >= 11 is 0. The normalized spacial score (nSPS) is 17.6. The van der Waals surface area contributed by atoms with Crippen molar-refractivity contribution in [3.8, 4) is 22.8 Å². The third-order valence-electron chi connectivity index (χ3n) is 7.20. The van der Waals surface area contributed by atoms with Gasteiger partial charge >= 0.3 is 11.7 Å². The van der Waals surface area contributed by atoms with Gasteiger partial charge in [-0.2, -0.15) is 4.98 Å². The van der Waals surface area contributed by atoms with Crippen LogP contribution in [-0.4, -0.2) is 42.9 Å². The van der Waals surface area contributed by atoms with E-state index >= 15 is 0 Å². The Morgan fingerprint density at radius 3 is 2.31 bits per heavy atom. The molecule has 5 rings (SSSR count). The summed E-state index contributed by atoms with van der Waals surface area (Å²) in [6, 6.07) is 9.94. The third kappa shape index (κ3) is 3.90. The number of nitrogens with zero attached hydrogens (tertiary/aromatic N) is 3. The average molecular weight is 490 g/mol. The van der Waals surface area contributed by atoms with Crippen molar-refractivity contribution in [2.24, 2.45) is 5.92 Å². The number of rotatable bonds is 6. The molecule has 0 N–H and O–H groups in total. The van der Waals surface area contributed by atoms with Gasteiger partial charge in [-0.15, -0.1) is 0 Å². The minimum Gasteiger partial charge on any atom is -0.493 e. The molecule has 0 spiro atoms. The van der Waals surface area contributed by atoms with Crippen LogP contribution in [0, 0.1) is 26.7 Å². The number of anilines is 2. The first-order valence-electron chi connectivity index (χ1n) is 12.1. The Morgan fingerprint density at radius 2 is 1.67 bits per heavy atom. The Hall–Kier alpha value is -3.81. The van der Waals surface area contributed by atoms with Crippen LogP contribution in [0.5, 0.6) is 11.5 Å². The monoisotopic (exact) mass is 489 g/mol. The first kappa shape index (κ1) is 23.9. The molecule has 1 aliphatic carbocycles. The lowest BCUT2D eigenvalue weighted by Crippen LogP contribution is -2.33. The number of carbonyl (C=O) groups excluding carboxylic acids is 1. The molecule has 8 nitrogen and oxygen atoms in total. The molecule has 3 aromatic rings. The number of benzene rings is 2. The van der Waals surface area contributed by atoms with Crippen LogP contribution in [-0.2, 0) is 22.5 Å². The highest BCUT2D eigenvalue weighted by Crippen LogP contribution is 2.46. The van der Waals surface area contributed by atoms with Gasteiger partial charge in [-0.3, -0.25) is 9.36 Å². The van der Waals surface area contributed by atoms with Gasteiger partial charge in [0.15, 0.2) is 11.5 Å². The van der Waals surface area contributed by atoms with Gasteiger partial charge < -0.3 is 19.1 Å². The maximum absolute atomic E-state index is 13.3. The standard InChI is InChI=1S/C28H31N3O5/c1-15-9-16(2)26(17(3)10-15)31(22-12-20(22)27(32)36-6)25-14-21-19-13-24(35-5)23(34-4)11-18(19)7-8-30(21)28(33)29-25/h9-11,13-14,20,22H,7-8,12H2,1-6H3. The smallest absolute Gasteiger partial charge is 0.350 e. The van der Waals surface area contributed by atoms with Crippen molar-refractivity contribution in [1.82, 2.24) is 9.55 Å². The maximum Gasteiger partial charge on any atom is 0.350 e. The van der Waals surface area contributed by atoms with E-state index < -0.39 is 0 Å². The summed E-state index contributed by atoms with van der Waals surface area (Å²) in [5.74, 6) is 1.27. The van der Waals surface area contributed by atoms with E-state index in [0.29, 0.717) is 36.7 Å². The van der Waals surface area contributed by atoms with Gasteiger partial charge in [0, 0.05) is 29.9 Å². The Bertz CT molecular complexity index is 1400. The van der Waals surface area contributed by atoms with Gasteiger partial charge in [0.2, 0.25) is 0 Å². The molecule has 2 aliphatic rings. The molecule has 0 saturated heterocycles. The first-order chi connectivity index (χ1) is 17.3. The lowest BCUT2D eigenvalue weighted by molar-refractivity contribution is -0.142. The van der Waals surface area contributed by atoms with E-state index in [9.17, 15) is 9.59 Å². The first-order valence-corrected chi connectivity index (χ1v) is 12.1. The van der Waals surface area contributed by atoms with Crippen molar-refractivity contribution in [2.45, 2.75) is 46.2 Å². The predicted molar refractivity (Wildman–Crippen MR) is 137 cm³/mol. The fourth-order valence-corrected chi connectivity index (χ4v) is 5.53. The van der Waals surface area contributed by atoms with Crippen LogP contribution in [0.2, 0.25) is 0 Å². The molecular weight excluding hydrogens is 458 g/mol. The van der Waals surface area contributed by atoms with E-state index in [1.54, 1.807) is 18.8 Å². The molecule has 1 saturated carbocycles. The van der Waals surface area contributed by atoms with Crippen molar-refractivity contribution in [3.63, 3.8) is 0 Å². The topological polar surface area (TPSA) is 82.9 Å². The van der Waals surface area contributed by atoms with Crippen molar-refractivity contribution < 1.29 is 19.0 Å². The molecule has 2 heterocycles. The van der Waals surface area contributed by atoms with Crippen molar-refractivity contribution in [1.29, 1.82) is 0 Å². The number of hydrogen-bond donors (Lipinski definition) is 0. The quantitative estimate of drug-likeness (QED) is 0.482. The van der Waals surface area contributed by atoms with Crippen LogP contribution in [0.3, 0.4) is 0 Å². The number of ether oxygens (including phenoxy) is 3. The summed E-state index contributed by atoms with van der Waals surface area (Å²) in [6.07, 6.45) is 1.33. The van der Waals surface area contributed by atoms with Crippen LogP contribution in [0.1, 0.15) is 28.7 Å². The molecule has 0 bridgehead atoms. The lowest BCUT2D eigenvalue weighted by Gasteiger charge is -2.30. The summed E-state index contributed by atoms with van der Waals surface area (Å²) in [7, 11) is 4.63. The fourth-order valence-electron chi connectivity index (χ4n) is 5.53. The largest absolute Gasteiger partial charge is 0.493 e. The second-order valence-electron chi connectivity index (χ2n) is 9.60. The molecular formula is C28H31N3O5. The van der Waals surface area contributed by atoms with Crippen LogP contribution in [0.25, 0.3) is 11.3 Å². The molecule has 1 aromatic heterocycles. The molecule has 0 amide bonds. The molecule has 0 radical (unpaired) electrons. The van der Waals surface area contributed by atoms with Gasteiger partial charge in [0.25, 0.3) is 0 Å². The second kappa shape index (κ2) is 9.00. The Kier molecular flexibility index (Phi) is 5.98. The van der Waals surface area contributed by atoms with Gasteiger partial charge in [-0.25, -0.2) is 4.79 Å². The number of carbonyl (C=O) groups is 1. The van der Waals surface area contributed by atoms with Crippen LogP contribution in [0.15, 0.2) is 35.1 Å². The SMILES string of the molecule is COC(=O)C1CC1N(c1cc2n(c(=O)n1)CCc1cc(OC)c(OC)cc1-2)c1c(C)cc(C)cc1C. The Morgan fingerprint density at radius 1 is 1.00 bits per heavy atom. The fraction of sp³-hybridized carbons (Fsp3) is 0.393. The molecule has 8 heteroatoms. The maximum atomic E-state index is 13.3. The number of aromatic nitrogens is 2. The number of hydrogen-bond acceptors (Lipinski definition) is 7. The Balaban J connectivity index is 1.70. The highest BCUT2D eigenvalue weighted by molar-refractivity contribution is 5.82. The third-order valence-corrected chi connectivity index (χ3v) is 7.20. The number of methoxy groups -OCH3 is 3. The van der Waals surface area contributed by atoms with Crippen molar-refractivity contribution in [2.75, 3.05) is 26.2 Å². The number of esters is 1. The van der Waals surface area contributed by atoms with E-state index in [1.165, 1.54) is 7.11 Å². The van der Waals surface area contributed by atoms with Gasteiger partial charge in [-0.05, 0) is 62.4 Å². The summed E-state index contributed by atoms with van der Waals surface area (Å²) in [5, 5.41) is 0. The van der Waals surface area contributed by atoms with Crippen molar-refractivity contribution in [3.05, 3.63) is 63.1 Å². The molecule has 188 valence electrons. The summed E-state index contributed by atoms with van der Waals surface area (Å²) in [5.41, 5.74) is 6.71. The number of fused-ring (bicyclic) bond motifs is 3. The van der Waals surface area contributed by atoms with Gasteiger partial charge in [0.05, 0.1) is 32.9 Å². The van der Waals surface area contributed by atoms with E-state index in [4.69, 9.17) is 14.2 Å². The summed E-state index contributed by atoms with van der Waals surface area (Å²) in [6.45, 7) is 6.69. The van der Waals surface area contributed by atoms with E-state index in [-0.39, 0.29) is 23.6 Å². The molecule has 1 fully saturated rings. The van der Waals surface area contributed by atoms with E-state index in [1.807, 2.05) is 18.2 Å². The number of aryl methyl sites for hydroxylation is 4. The van der Waals surface area contributed by atoms with Gasteiger partial charge in [-0.1, -0.05) is 17.7 Å². The minimum atomic E-state index is -0.314. The zero-order valence-electron chi connectivity index (χ0n) is 21.5. The highest BCUT2D eigenvalue weighted by atomic mass is 16.5. The highest BCUT2D eigenvalue weighted by Gasteiger charge is 2.49. The predicted octanol–water partition coefficient (Wildman–Crippen LogP) is 4.11. The summed E-state index contributed by atoms with van der Waals surface area (Å²) < 4.78 is 17.8. The zero-order valence-corrected chi connectivity index (χ0v) is 21.5. The zero-order chi connectivity index (χ0) is 25.7. The molecule has 2 unspecified atom stereocenters. The average Bonchev–Trinajstić information content (AvgIpc) is 3.64. The lowest BCUT2D eigenvalue weighted by atomic mass is 9.96. The molecule has 36 heavy (non-hydrogen) atoms. The summed E-state index contributed by atoms with van der Waals surface area (Å²) in [4.78, 5) is 32.3. The van der Waals surface area contributed by atoms with Crippen LogP contribution < -0.4 is 20.1 Å². The molecule has 2 aromatic carbocycles. The van der Waals surface area contributed by atoms with Crippen LogP contribution in [0.4, 0.5) is 11.5 Å². The van der Waals surface area contributed by atoms with Crippen molar-refractivity contribution >= 4 is 17.5 Å². The molecule has 2 atom stereocenters. The van der Waals surface area contributed by atoms with Crippen LogP contribution >= 0.6 is 0 Å². The van der Waals surface area contributed by atoms with E-state index in [0.717, 1.165) is 39.2 Å². The second-order valence-corrected chi connectivity index (χ2v) is 9.60. The van der Waals surface area contributed by atoms with E-state index in [2.05, 4.69) is 42.8 Å². The minimum absolute atomic E-state index is 0.138. The Labute approximate surface area is 210 Å².